The highest BCUT2D eigenvalue weighted by atomic mass is 35.5. The Hall–Kier alpha value is -2.80. The molecule has 4 nitrogen and oxygen atoms in total. The molecule has 0 radical (unpaired) electrons. The Bertz CT molecular complexity index is 1180. The van der Waals surface area contributed by atoms with Crippen LogP contribution in [-0.4, -0.2) is 10.5 Å². The Morgan fingerprint density at radius 3 is 2.71 bits per heavy atom. The van der Waals surface area contributed by atoms with Crippen LogP contribution in [0, 0.1) is 0 Å². The number of carbonyl (C=O) groups is 1. The van der Waals surface area contributed by atoms with Crippen LogP contribution in [0.4, 0.5) is 18.9 Å². The average Bonchev–Trinajstić information content (AvgIpc) is 2.95. The Morgan fingerprint density at radius 2 is 2.00 bits per heavy atom. The summed E-state index contributed by atoms with van der Waals surface area (Å²) < 4.78 is 40.7. The number of alkyl halides is 3. The molecule has 0 bridgehead atoms. The van der Waals surface area contributed by atoms with Crippen LogP contribution in [0.25, 0.3) is 10.9 Å². The van der Waals surface area contributed by atoms with Crippen LogP contribution >= 0.6 is 11.6 Å². The van der Waals surface area contributed by atoms with Crippen LogP contribution in [0.5, 0.6) is 0 Å². The van der Waals surface area contributed by atoms with Crippen molar-refractivity contribution in [3.63, 3.8) is 0 Å². The van der Waals surface area contributed by atoms with E-state index in [9.17, 15) is 22.8 Å². The van der Waals surface area contributed by atoms with E-state index in [1.54, 1.807) is 12.1 Å². The average molecular weight is 407 g/mol. The van der Waals surface area contributed by atoms with Crippen molar-refractivity contribution in [1.29, 1.82) is 0 Å². The van der Waals surface area contributed by atoms with E-state index in [1.165, 1.54) is 6.20 Å². The summed E-state index contributed by atoms with van der Waals surface area (Å²) in [7, 11) is 0. The third-order valence-corrected chi connectivity index (χ3v) is 5.24. The van der Waals surface area contributed by atoms with Crippen LogP contribution in [0.3, 0.4) is 0 Å². The molecule has 1 aliphatic heterocycles. The van der Waals surface area contributed by atoms with Crippen LogP contribution in [-0.2, 0) is 12.6 Å². The number of amides is 1. The minimum Gasteiger partial charge on any atom is -0.343 e. The zero-order valence-electron chi connectivity index (χ0n) is 14.6. The molecule has 0 saturated carbocycles. The molecule has 0 saturated heterocycles. The van der Waals surface area contributed by atoms with Gasteiger partial charge in [-0.3, -0.25) is 9.59 Å². The zero-order chi connectivity index (χ0) is 20.2. The molecule has 0 spiro atoms. The quantitative estimate of drug-likeness (QED) is 0.648. The second-order valence-corrected chi connectivity index (χ2v) is 7.20. The molecule has 1 atom stereocenters. The second kappa shape index (κ2) is 6.38. The van der Waals surface area contributed by atoms with Gasteiger partial charge >= 0.3 is 6.18 Å². The fourth-order valence-corrected chi connectivity index (χ4v) is 3.73. The first kappa shape index (κ1) is 18.6. The van der Waals surface area contributed by atoms with E-state index in [-0.39, 0.29) is 22.3 Å². The maximum Gasteiger partial charge on any atom is 0.416 e. The molecule has 0 fully saturated rings. The summed E-state index contributed by atoms with van der Waals surface area (Å²) in [6, 6.07) is 8.02. The highest BCUT2D eigenvalue weighted by Gasteiger charge is 2.31. The highest BCUT2D eigenvalue weighted by molar-refractivity contribution is 6.34. The van der Waals surface area contributed by atoms with E-state index in [0.29, 0.717) is 5.39 Å². The SMILES string of the molecule is C[C@@H]1Cc2cccc3c(=O)c(C(=O)Nc4cc(C(F)(F)F)ccc4Cl)cn1c23. The van der Waals surface area contributed by atoms with Crippen LogP contribution in [0.1, 0.15) is 34.5 Å². The molecule has 2 aromatic carbocycles. The summed E-state index contributed by atoms with van der Waals surface area (Å²) in [5.74, 6) is -0.804. The monoisotopic (exact) mass is 406 g/mol. The molecule has 4 rings (SSSR count). The molecule has 28 heavy (non-hydrogen) atoms. The van der Waals surface area contributed by atoms with Gasteiger partial charge in [-0.05, 0) is 43.2 Å². The summed E-state index contributed by atoms with van der Waals surface area (Å²) in [6.07, 6.45) is -2.38. The van der Waals surface area contributed by atoms with Crippen molar-refractivity contribution in [2.45, 2.75) is 25.6 Å². The smallest absolute Gasteiger partial charge is 0.343 e. The number of halogens is 4. The number of nitrogens with zero attached hydrogens (tertiary/aromatic N) is 1. The fraction of sp³-hybridized carbons (Fsp3) is 0.200. The number of para-hydroxylation sites is 1. The van der Waals surface area contributed by atoms with Crippen LogP contribution in [0.2, 0.25) is 5.02 Å². The van der Waals surface area contributed by atoms with Crippen LogP contribution in [0.15, 0.2) is 47.4 Å². The summed E-state index contributed by atoms with van der Waals surface area (Å²) in [4.78, 5) is 25.5. The number of anilines is 1. The molecular formula is C20H14ClF3N2O2. The lowest BCUT2D eigenvalue weighted by molar-refractivity contribution is -0.137. The van der Waals surface area contributed by atoms with Gasteiger partial charge in [0.1, 0.15) is 5.56 Å². The number of aromatic nitrogens is 1. The first-order valence-corrected chi connectivity index (χ1v) is 8.89. The second-order valence-electron chi connectivity index (χ2n) is 6.79. The molecule has 1 amide bonds. The lowest BCUT2D eigenvalue weighted by atomic mass is 10.1. The number of nitrogens with one attached hydrogen (secondary N) is 1. The van der Waals surface area contributed by atoms with E-state index in [1.807, 2.05) is 17.6 Å². The lowest BCUT2D eigenvalue weighted by Gasteiger charge is -2.14. The third-order valence-electron chi connectivity index (χ3n) is 4.91. The number of benzene rings is 2. The number of carbonyl (C=O) groups excluding carboxylic acids is 1. The first-order valence-electron chi connectivity index (χ1n) is 8.51. The molecule has 0 aliphatic carbocycles. The molecule has 0 unspecified atom stereocenters. The van der Waals surface area contributed by atoms with E-state index < -0.39 is 23.1 Å². The summed E-state index contributed by atoms with van der Waals surface area (Å²) in [6.45, 7) is 1.97. The van der Waals surface area contributed by atoms with Gasteiger partial charge in [-0.2, -0.15) is 13.2 Å². The number of hydrogen-bond donors (Lipinski definition) is 1. The van der Waals surface area contributed by atoms with Gasteiger partial charge in [0.05, 0.1) is 21.8 Å². The zero-order valence-corrected chi connectivity index (χ0v) is 15.4. The van der Waals surface area contributed by atoms with Gasteiger partial charge in [-0.25, -0.2) is 0 Å². The third kappa shape index (κ3) is 2.96. The van der Waals surface area contributed by atoms with Crippen LogP contribution < -0.4 is 10.7 Å². The maximum atomic E-state index is 12.9. The molecule has 1 aliphatic rings. The largest absolute Gasteiger partial charge is 0.416 e. The van der Waals surface area contributed by atoms with Gasteiger partial charge < -0.3 is 9.88 Å². The fourth-order valence-electron chi connectivity index (χ4n) is 3.56. The van der Waals surface area contributed by atoms with Gasteiger partial charge in [-0.1, -0.05) is 23.7 Å². The summed E-state index contributed by atoms with van der Waals surface area (Å²) in [5.41, 5.74) is 0.0434. The van der Waals surface area contributed by atoms with Gasteiger partial charge in [0.2, 0.25) is 5.43 Å². The minimum absolute atomic E-state index is 0.0533. The van der Waals surface area contributed by atoms with Gasteiger partial charge in [0.25, 0.3) is 5.91 Å². The van der Waals surface area contributed by atoms with E-state index in [4.69, 9.17) is 11.6 Å². The molecule has 8 heteroatoms. The normalized spacial score (nSPS) is 15.8. The van der Waals surface area contributed by atoms with Gasteiger partial charge in [0.15, 0.2) is 0 Å². The van der Waals surface area contributed by atoms with Crippen molar-refractivity contribution in [3.05, 3.63) is 74.5 Å². The van der Waals surface area contributed by atoms with Crippen molar-refractivity contribution < 1.29 is 18.0 Å². The number of rotatable bonds is 2. The Labute approximate surface area is 162 Å². The van der Waals surface area contributed by atoms with Gasteiger partial charge in [-0.15, -0.1) is 0 Å². The number of pyridine rings is 1. The van der Waals surface area contributed by atoms with Gasteiger partial charge in [0, 0.05) is 17.6 Å². The summed E-state index contributed by atoms with van der Waals surface area (Å²) >= 11 is 5.94. The first-order chi connectivity index (χ1) is 13.2. The van der Waals surface area contributed by atoms with E-state index >= 15 is 0 Å². The molecule has 1 N–H and O–H groups in total. The molecular weight excluding hydrogens is 393 g/mol. The predicted molar refractivity (Wildman–Crippen MR) is 101 cm³/mol. The Morgan fingerprint density at radius 1 is 1.25 bits per heavy atom. The van der Waals surface area contributed by atoms with E-state index in [2.05, 4.69) is 5.32 Å². The molecule has 3 aromatic rings. The minimum atomic E-state index is -4.58. The van der Waals surface area contributed by atoms with Crippen molar-refractivity contribution in [1.82, 2.24) is 4.57 Å². The van der Waals surface area contributed by atoms with Crippen molar-refractivity contribution in [3.8, 4) is 0 Å². The van der Waals surface area contributed by atoms with E-state index in [0.717, 1.165) is 35.7 Å². The standard InChI is InChI=1S/C20H14ClF3N2O2/c1-10-7-11-3-2-4-13-17(11)26(10)9-14(18(13)27)19(28)25-16-8-12(20(22,23)24)5-6-15(16)21/h2-6,8-10H,7H2,1H3,(H,25,28)/t10-/m1/s1. The molecule has 144 valence electrons. The molecule has 2 heterocycles. The summed E-state index contributed by atoms with van der Waals surface area (Å²) in [5, 5.41) is 2.70. The van der Waals surface area contributed by atoms with Crippen molar-refractivity contribution >= 4 is 34.1 Å². The maximum absolute atomic E-state index is 12.9. The molecule has 1 aromatic heterocycles. The topological polar surface area (TPSA) is 51.1 Å². The number of hydrogen-bond acceptors (Lipinski definition) is 2. The highest BCUT2D eigenvalue weighted by Crippen LogP contribution is 2.34. The Kier molecular flexibility index (Phi) is 4.23. The lowest BCUT2D eigenvalue weighted by Crippen LogP contribution is -2.24. The predicted octanol–water partition coefficient (Wildman–Crippen LogP) is 5.04. The van der Waals surface area contributed by atoms with Crippen molar-refractivity contribution in [2.24, 2.45) is 0 Å². The Balaban J connectivity index is 1.78. The van der Waals surface area contributed by atoms with Crippen molar-refractivity contribution in [2.75, 3.05) is 5.32 Å².